The number of benzene rings is 1. The molecule has 21 heavy (non-hydrogen) atoms. The van der Waals surface area contributed by atoms with E-state index in [4.69, 9.17) is 5.73 Å². The third-order valence-electron chi connectivity index (χ3n) is 3.95. The summed E-state index contributed by atoms with van der Waals surface area (Å²) in [7, 11) is 0. The van der Waals surface area contributed by atoms with E-state index in [1.165, 1.54) is 17.8 Å². The Labute approximate surface area is 140 Å². The minimum absolute atomic E-state index is 0.0309. The minimum atomic E-state index is -0.0309. The summed E-state index contributed by atoms with van der Waals surface area (Å²) >= 11 is 6.80. The Kier molecular flexibility index (Phi) is 4.47. The van der Waals surface area contributed by atoms with Crippen molar-refractivity contribution in [3.8, 4) is 0 Å². The van der Waals surface area contributed by atoms with Crippen molar-refractivity contribution in [2.45, 2.75) is 30.6 Å². The molecule has 0 bridgehead atoms. The fourth-order valence-electron chi connectivity index (χ4n) is 2.79. The molecule has 3 rings (SSSR count). The van der Waals surface area contributed by atoms with Gasteiger partial charge in [-0.15, -0.1) is 11.3 Å². The molecule has 6 heteroatoms. The average molecular weight is 385 g/mol. The van der Waals surface area contributed by atoms with Gasteiger partial charge >= 0.3 is 0 Å². The zero-order chi connectivity index (χ0) is 15.0. The molecule has 2 unspecified atom stereocenters. The van der Waals surface area contributed by atoms with Crippen molar-refractivity contribution in [3.63, 3.8) is 0 Å². The number of nitrogen functional groups attached to an aromatic ring is 1. The SMILES string of the molecule is CSC1CCC(NC(=O)c2sc3ccc(Br)cc3c2N)C1. The lowest BCUT2D eigenvalue weighted by Gasteiger charge is -2.12. The van der Waals surface area contributed by atoms with Crippen LogP contribution in [0.1, 0.15) is 28.9 Å². The number of hydrogen-bond donors (Lipinski definition) is 2. The molecule has 3 N–H and O–H groups in total. The summed E-state index contributed by atoms with van der Waals surface area (Å²) in [5.74, 6) is -0.0309. The van der Waals surface area contributed by atoms with Crippen LogP contribution in [0.3, 0.4) is 0 Å². The highest BCUT2D eigenvalue weighted by Crippen LogP contribution is 2.36. The molecule has 1 heterocycles. The maximum atomic E-state index is 12.5. The zero-order valence-corrected chi connectivity index (χ0v) is 14.9. The van der Waals surface area contributed by atoms with Crippen molar-refractivity contribution in [3.05, 3.63) is 27.5 Å². The van der Waals surface area contributed by atoms with Crippen LogP contribution in [0.25, 0.3) is 10.1 Å². The lowest BCUT2D eigenvalue weighted by molar-refractivity contribution is 0.0943. The molecule has 3 nitrogen and oxygen atoms in total. The number of carbonyl (C=O) groups excluding carboxylic acids is 1. The van der Waals surface area contributed by atoms with Gasteiger partial charge in [-0.1, -0.05) is 15.9 Å². The molecule has 1 amide bonds. The van der Waals surface area contributed by atoms with Crippen LogP contribution in [-0.2, 0) is 0 Å². The van der Waals surface area contributed by atoms with Gasteiger partial charge in [0.1, 0.15) is 4.88 Å². The second-order valence-electron chi connectivity index (χ2n) is 5.33. The van der Waals surface area contributed by atoms with Crippen LogP contribution in [0.15, 0.2) is 22.7 Å². The van der Waals surface area contributed by atoms with Gasteiger partial charge in [-0.3, -0.25) is 4.79 Å². The van der Waals surface area contributed by atoms with Crippen LogP contribution in [0.2, 0.25) is 0 Å². The van der Waals surface area contributed by atoms with E-state index in [1.807, 2.05) is 30.0 Å². The Balaban J connectivity index is 1.80. The minimum Gasteiger partial charge on any atom is -0.397 e. The van der Waals surface area contributed by atoms with Gasteiger partial charge in [0.05, 0.1) is 5.69 Å². The molecular weight excluding hydrogens is 368 g/mol. The number of anilines is 1. The van der Waals surface area contributed by atoms with Gasteiger partial charge in [-0.05, 0) is 43.7 Å². The molecule has 0 aliphatic heterocycles. The van der Waals surface area contributed by atoms with Crippen LogP contribution in [0.5, 0.6) is 0 Å². The van der Waals surface area contributed by atoms with Gasteiger partial charge in [0.25, 0.3) is 5.91 Å². The van der Waals surface area contributed by atoms with E-state index in [9.17, 15) is 4.79 Å². The summed E-state index contributed by atoms with van der Waals surface area (Å²) in [6.45, 7) is 0. The molecule has 1 aromatic heterocycles. The molecule has 2 aromatic rings. The molecule has 112 valence electrons. The Morgan fingerprint density at radius 1 is 1.48 bits per heavy atom. The van der Waals surface area contributed by atoms with Crippen LogP contribution in [-0.4, -0.2) is 23.5 Å². The Bertz CT molecular complexity index is 686. The lowest BCUT2D eigenvalue weighted by atomic mass is 10.2. The first-order chi connectivity index (χ1) is 10.1. The maximum Gasteiger partial charge on any atom is 0.263 e. The highest BCUT2D eigenvalue weighted by molar-refractivity contribution is 9.10. The van der Waals surface area contributed by atoms with Crippen LogP contribution < -0.4 is 11.1 Å². The van der Waals surface area contributed by atoms with Gasteiger partial charge < -0.3 is 11.1 Å². The Morgan fingerprint density at radius 2 is 2.29 bits per heavy atom. The van der Waals surface area contributed by atoms with Crippen molar-refractivity contribution >= 4 is 60.7 Å². The second-order valence-corrected chi connectivity index (χ2v) is 8.43. The van der Waals surface area contributed by atoms with Gasteiger partial charge in [-0.2, -0.15) is 11.8 Å². The van der Waals surface area contributed by atoms with Gasteiger partial charge in [0.2, 0.25) is 0 Å². The largest absolute Gasteiger partial charge is 0.397 e. The predicted octanol–water partition coefficient (Wildman–Crippen LogP) is 4.26. The van der Waals surface area contributed by atoms with Crippen LogP contribution >= 0.6 is 39.0 Å². The molecular formula is C15H17BrN2OS2. The number of rotatable bonds is 3. The summed E-state index contributed by atoms with van der Waals surface area (Å²) in [5.41, 5.74) is 6.75. The Hall–Kier alpha value is -0.720. The standard InChI is InChI=1S/C15H17BrN2OS2/c1-20-10-4-3-9(7-10)18-15(19)14-13(17)11-6-8(16)2-5-12(11)21-14/h2,5-6,9-10H,3-4,7,17H2,1H3,(H,18,19). The predicted molar refractivity (Wildman–Crippen MR) is 96.3 cm³/mol. The normalized spacial score (nSPS) is 21.8. The summed E-state index contributed by atoms with van der Waals surface area (Å²) in [4.78, 5) is 13.1. The highest BCUT2D eigenvalue weighted by atomic mass is 79.9. The Morgan fingerprint density at radius 3 is 3.00 bits per heavy atom. The van der Waals surface area contributed by atoms with Gasteiger partial charge in [0, 0.05) is 25.9 Å². The number of amides is 1. The average Bonchev–Trinajstić information content (AvgIpc) is 3.04. The van der Waals surface area contributed by atoms with Crippen LogP contribution in [0.4, 0.5) is 5.69 Å². The van der Waals surface area contributed by atoms with Crippen molar-refractivity contribution in [2.24, 2.45) is 0 Å². The number of nitrogens with two attached hydrogens (primary N) is 1. The quantitative estimate of drug-likeness (QED) is 0.830. The van der Waals surface area contributed by atoms with Gasteiger partial charge in [-0.25, -0.2) is 0 Å². The number of thioether (sulfide) groups is 1. The van der Waals surface area contributed by atoms with Crippen molar-refractivity contribution in [1.29, 1.82) is 0 Å². The molecule has 1 aliphatic rings. The van der Waals surface area contributed by atoms with E-state index in [-0.39, 0.29) is 11.9 Å². The van der Waals surface area contributed by atoms with E-state index >= 15 is 0 Å². The smallest absolute Gasteiger partial charge is 0.263 e. The molecule has 1 aliphatic carbocycles. The topological polar surface area (TPSA) is 55.1 Å². The highest BCUT2D eigenvalue weighted by Gasteiger charge is 2.26. The molecule has 0 radical (unpaired) electrons. The van der Waals surface area contributed by atoms with Crippen LogP contribution in [0, 0.1) is 0 Å². The lowest BCUT2D eigenvalue weighted by Crippen LogP contribution is -2.32. The number of nitrogens with one attached hydrogen (secondary N) is 1. The number of hydrogen-bond acceptors (Lipinski definition) is 4. The summed E-state index contributed by atoms with van der Waals surface area (Å²) in [5, 5.41) is 4.77. The summed E-state index contributed by atoms with van der Waals surface area (Å²) in [6.07, 6.45) is 5.44. The molecule has 1 saturated carbocycles. The van der Waals surface area contributed by atoms with Crippen molar-refractivity contribution in [2.75, 3.05) is 12.0 Å². The van der Waals surface area contributed by atoms with Crippen molar-refractivity contribution < 1.29 is 4.79 Å². The summed E-state index contributed by atoms with van der Waals surface area (Å²) < 4.78 is 2.03. The maximum absolute atomic E-state index is 12.5. The first-order valence-corrected chi connectivity index (χ1v) is 9.79. The fraction of sp³-hybridized carbons (Fsp3) is 0.400. The second kappa shape index (κ2) is 6.18. The van der Waals surface area contributed by atoms with E-state index < -0.39 is 0 Å². The van der Waals surface area contributed by atoms with Gasteiger partial charge in [0.15, 0.2) is 0 Å². The molecule has 1 fully saturated rings. The molecule has 1 aromatic carbocycles. The van der Waals surface area contributed by atoms with E-state index in [0.717, 1.165) is 27.4 Å². The fourth-order valence-corrected chi connectivity index (χ4v) is 4.96. The third-order valence-corrected chi connectivity index (χ3v) is 6.72. The number of carbonyl (C=O) groups is 1. The van der Waals surface area contributed by atoms with E-state index in [0.29, 0.717) is 15.8 Å². The van der Waals surface area contributed by atoms with Crippen molar-refractivity contribution in [1.82, 2.24) is 5.32 Å². The number of fused-ring (bicyclic) bond motifs is 1. The zero-order valence-electron chi connectivity index (χ0n) is 11.7. The molecule has 0 spiro atoms. The molecule has 0 saturated heterocycles. The van der Waals surface area contributed by atoms with E-state index in [2.05, 4.69) is 27.5 Å². The summed E-state index contributed by atoms with van der Waals surface area (Å²) in [6, 6.07) is 6.22. The number of thiophene rings is 1. The first-order valence-electron chi connectivity index (χ1n) is 6.89. The van der Waals surface area contributed by atoms with E-state index in [1.54, 1.807) is 0 Å². The first kappa shape index (κ1) is 15.2. The monoisotopic (exact) mass is 384 g/mol. The third kappa shape index (κ3) is 3.07. The number of halogens is 1. The molecule has 2 atom stereocenters.